The van der Waals surface area contributed by atoms with Crippen LogP contribution in [0.1, 0.15) is 28.8 Å². The maximum absolute atomic E-state index is 12.6. The average molecular weight is 417 g/mol. The molecule has 1 heterocycles. The lowest BCUT2D eigenvalue weighted by atomic mass is 10.0. The van der Waals surface area contributed by atoms with Gasteiger partial charge in [0.25, 0.3) is 5.69 Å². The Balaban J connectivity index is 1.53. The first-order chi connectivity index (χ1) is 15.0. The first-order valence-corrected chi connectivity index (χ1v) is 10.2. The molecule has 0 unspecified atom stereocenters. The molecule has 7 nitrogen and oxygen atoms in total. The van der Waals surface area contributed by atoms with Gasteiger partial charge in [-0.05, 0) is 49.2 Å². The van der Waals surface area contributed by atoms with Crippen LogP contribution in [0.25, 0.3) is 0 Å². The second kappa shape index (κ2) is 8.97. The van der Waals surface area contributed by atoms with E-state index in [2.05, 4.69) is 10.2 Å². The summed E-state index contributed by atoms with van der Waals surface area (Å²) in [6, 6.07) is 20.8. The van der Waals surface area contributed by atoms with Gasteiger partial charge in [-0.15, -0.1) is 0 Å². The molecule has 1 aliphatic rings. The molecule has 1 fully saturated rings. The molecular weight excluding hydrogens is 394 g/mol. The van der Waals surface area contributed by atoms with Crippen molar-refractivity contribution in [1.82, 2.24) is 0 Å². The standard InChI is InChI=1S/C24H23N3O4/c28-21-12-14-26(15-13-21)20-9-7-19(8-10-20)25-22-11-6-18(16-23(22)27(30)31)24(29)17-4-2-1-3-5-17/h1-11,16,21,25,28H,12-15H2. The summed E-state index contributed by atoms with van der Waals surface area (Å²) in [6.45, 7) is 1.60. The van der Waals surface area contributed by atoms with E-state index in [1.54, 1.807) is 36.4 Å². The lowest BCUT2D eigenvalue weighted by molar-refractivity contribution is -0.383. The first kappa shape index (κ1) is 20.6. The van der Waals surface area contributed by atoms with Crippen LogP contribution in [0.4, 0.5) is 22.7 Å². The molecule has 1 aliphatic heterocycles. The highest BCUT2D eigenvalue weighted by Gasteiger charge is 2.20. The number of rotatable bonds is 6. The van der Waals surface area contributed by atoms with Crippen LogP contribution in [0, 0.1) is 10.1 Å². The summed E-state index contributed by atoms with van der Waals surface area (Å²) in [6.07, 6.45) is 1.27. The summed E-state index contributed by atoms with van der Waals surface area (Å²) in [4.78, 5) is 26.0. The van der Waals surface area contributed by atoms with E-state index in [0.29, 0.717) is 16.9 Å². The number of nitrogens with zero attached hydrogens (tertiary/aromatic N) is 2. The first-order valence-electron chi connectivity index (χ1n) is 10.2. The number of aliphatic hydroxyl groups is 1. The number of piperidine rings is 1. The predicted molar refractivity (Wildman–Crippen MR) is 120 cm³/mol. The second-order valence-corrected chi connectivity index (χ2v) is 7.57. The number of benzene rings is 3. The summed E-state index contributed by atoms with van der Waals surface area (Å²) >= 11 is 0. The number of carbonyl (C=O) groups is 1. The largest absolute Gasteiger partial charge is 0.393 e. The van der Waals surface area contributed by atoms with Gasteiger partial charge in [-0.3, -0.25) is 14.9 Å². The number of anilines is 3. The van der Waals surface area contributed by atoms with Gasteiger partial charge in [-0.1, -0.05) is 30.3 Å². The van der Waals surface area contributed by atoms with Crippen LogP contribution >= 0.6 is 0 Å². The molecule has 3 aromatic carbocycles. The zero-order chi connectivity index (χ0) is 21.8. The van der Waals surface area contributed by atoms with Gasteiger partial charge in [-0.2, -0.15) is 0 Å². The highest BCUT2D eigenvalue weighted by atomic mass is 16.6. The van der Waals surface area contributed by atoms with Gasteiger partial charge in [-0.25, -0.2) is 0 Å². The van der Waals surface area contributed by atoms with Crippen molar-refractivity contribution in [3.8, 4) is 0 Å². The van der Waals surface area contributed by atoms with E-state index in [4.69, 9.17) is 0 Å². The number of nitro groups is 1. The van der Waals surface area contributed by atoms with E-state index < -0.39 is 4.92 Å². The fourth-order valence-electron chi connectivity index (χ4n) is 3.72. The Kier molecular flexibility index (Phi) is 5.95. The van der Waals surface area contributed by atoms with Crippen LogP contribution in [0.3, 0.4) is 0 Å². The van der Waals surface area contributed by atoms with Gasteiger partial charge in [0.15, 0.2) is 5.78 Å². The summed E-state index contributed by atoms with van der Waals surface area (Å²) in [5.41, 5.74) is 2.69. The number of nitrogens with one attached hydrogen (secondary N) is 1. The van der Waals surface area contributed by atoms with Crippen LogP contribution in [0.15, 0.2) is 72.8 Å². The molecule has 0 aliphatic carbocycles. The van der Waals surface area contributed by atoms with E-state index in [1.165, 1.54) is 6.07 Å². The molecule has 0 amide bonds. The summed E-state index contributed by atoms with van der Waals surface area (Å²) in [5.74, 6) is -0.258. The van der Waals surface area contributed by atoms with Crippen LogP contribution in [0.5, 0.6) is 0 Å². The van der Waals surface area contributed by atoms with Gasteiger partial charge < -0.3 is 15.3 Å². The molecule has 0 atom stereocenters. The monoisotopic (exact) mass is 417 g/mol. The van der Waals surface area contributed by atoms with Crippen molar-refractivity contribution in [2.24, 2.45) is 0 Å². The molecule has 158 valence electrons. The molecule has 0 aromatic heterocycles. The maximum Gasteiger partial charge on any atom is 0.293 e. The van der Waals surface area contributed by atoms with Gasteiger partial charge in [0.2, 0.25) is 0 Å². The lowest BCUT2D eigenvalue weighted by Gasteiger charge is -2.31. The van der Waals surface area contributed by atoms with Gasteiger partial charge in [0, 0.05) is 41.7 Å². The zero-order valence-corrected chi connectivity index (χ0v) is 16.9. The predicted octanol–water partition coefficient (Wildman–Crippen LogP) is 4.53. The number of carbonyl (C=O) groups excluding carboxylic acids is 1. The quantitative estimate of drug-likeness (QED) is 0.348. The van der Waals surface area contributed by atoms with Crippen molar-refractivity contribution in [1.29, 1.82) is 0 Å². The molecule has 0 saturated carbocycles. The van der Waals surface area contributed by atoms with Crippen LogP contribution in [-0.4, -0.2) is 35.0 Å². The van der Waals surface area contributed by atoms with Crippen molar-refractivity contribution in [2.75, 3.05) is 23.3 Å². The Morgan fingerprint density at radius 1 is 0.968 bits per heavy atom. The summed E-state index contributed by atoms with van der Waals surface area (Å²) < 4.78 is 0. The van der Waals surface area contributed by atoms with E-state index in [9.17, 15) is 20.0 Å². The van der Waals surface area contributed by atoms with Crippen molar-refractivity contribution in [3.63, 3.8) is 0 Å². The molecule has 31 heavy (non-hydrogen) atoms. The Hall–Kier alpha value is -3.71. The van der Waals surface area contributed by atoms with E-state index in [-0.39, 0.29) is 23.1 Å². The van der Waals surface area contributed by atoms with Crippen molar-refractivity contribution >= 4 is 28.5 Å². The van der Waals surface area contributed by atoms with Crippen LogP contribution < -0.4 is 10.2 Å². The van der Waals surface area contributed by atoms with Gasteiger partial charge in [0.1, 0.15) is 5.69 Å². The SMILES string of the molecule is O=C(c1ccccc1)c1ccc(Nc2ccc(N3CCC(O)CC3)cc2)c([N+](=O)[O-])c1. The minimum Gasteiger partial charge on any atom is -0.393 e. The Labute approximate surface area is 180 Å². The third-order valence-electron chi connectivity index (χ3n) is 5.47. The minimum absolute atomic E-state index is 0.157. The van der Waals surface area contributed by atoms with E-state index in [0.717, 1.165) is 31.6 Å². The minimum atomic E-state index is -0.489. The van der Waals surface area contributed by atoms with Crippen molar-refractivity contribution < 1.29 is 14.8 Å². The van der Waals surface area contributed by atoms with E-state index in [1.807, 2.05) is 30.3 Å². The topological polar surface area (TPSA) is 95.7 Å². The molecule has 0 bridgehead atoms. The number of hydrogen-bond donors (Lipinski definition) is 2. The van der Waals surface area contributed by atoms with Gasteiger partial charge >= 0.3 is 0 Å². The highest BCUT2D eigenvalue weighted by Crippen LogP contribution is 2.30. The normalized spacial score (nSPS) is 14.3. The van der Waals surface area contributed by atoms with Gasteiger partial charge in [0.05, 0.1) is 11.0 Å². The third-order valence-corrected chi connectivity index (χ3v) is 5.47. The number of aliphatic hydroxyl groups excluding tert-OH is 1. The van der Waals surface area contributed by atoms with Crippen LogP contribution in [-0.2, 0) is 0 Å². The fourth-order valence-corrected chi connectivity index (χ4v) is 3.72. The van der Waals surface area contributed by atoms with E-state index >= 15 is 0 Å². The summed E-state index contributed by atoms with van der Waals surface area (Å²) in [7, 11) is 0. The molecule has 2 N–H and O–H groups in total. The lowest BCUT2D eigenvalue weighted by Crippen LogP contribution is -2.35. The average Bonchev–Trinajstić information content (AvgIpc) is 2.80. The third kappa shape index (κ3) is 4.73. The molecule has 0 spiro atoms. The van der Waals surface area contributed by atoms with Crippen molar-refractivity contribution in [3.05, 3.63) is 94.0 Å². The number of nitro benzene ring substituents is 1. The molecule has 0 radical (unpaired) electrons. The maximum atomic E-state index is 12.6. The molecular formula is C24H23N3O4. The van der Waals surface area contributed by atoms with Crippen LogP contribution in [0.2, 0.25) is 0 Å². The van der Waals surface area contributed by atoms with Crippen molar-refractivity contribution in [2.45, 2.75) is 18.9 Å². The number of hydrogen-bond acceptors (Lipinski definition) is 6. The second-order valence-electron chi connectivity index (χ2n) is 7.57. The Morgan fingerprint density at radius 2 is 1.65 bits per heavy atom. The summed E-state index contributed by atoms with van der Waals surface area (Å²) in [5, 5.41) is 24.4. The Morgan fingerprint density at radius 3 is 2.29 bits per heavy atom. The Bertz CT molecular complexity index is 1080. The fraction of sp³-hybridized carbons (Fsp3) is 0.208. The molecule has 7 heteroatoms. The zero-order valence-electron chi connectivity index (χ0n) is 16.9. The number of ketones is 1. The molecule has 3 aromatic rings. The highest BCUT2D eigenvalue weighted by molar-refractivity contribution is 6.09. The molecule has 1 saturated heterocycles. The smallest absolute Gasteiger partial charge is 0.293 e. The molecule has 4 rings (SSSR count).